The van der Waals surface area contributed by atoms with E-state index in [4.69, 9.17) is 13.9 Å². The molecule has 0 fully saturated rings. The molecule has 0 aliphatic rings. The molecule has 6 heteroatoms. The van der Waals surface area contributed by atoms with E-state index in [0.717, 1.165) is 0 Å². The lowest BCUT2D eigenvalue weighted by Crippen LogP contribution is -2.36. The molecule has 0 unspecified atom stereocenters. The van der Waals surface area contributed by atoms with Crippen LogP contribution in [0.1, 0.15) is 46.4 Å². The number of hydrogen-bond acceptors (Lipinski definition) is 5. The van der Waals surface area contributed by atoms with Crippen molar-refractivity contribution in [2.75, 3.05) is 6.61 Å². The molecule has 1 heterocycles. The van der Waals surface area contributed by atoms with E-state index in [2.05, 4.69) is 5.32 Å². The van der Waals surface area contributed by atoms with Gasteiger partial charge in [0.2, 0.25) is 0 Å². The Morgan fingerprint density at radius 2 is 2.09 bits per heavy atom. The standard InChI is InChI=1S/C17H25NO5/c1-6-21-14(19)10-9-12(2)15(13-8-7-11-22-13)18-16(20)23-17(3,4)5/h7-12,15H,6H2,1-5H3,(H,18,20)/b10-9+/t12-,15+/m1/s1. The van der Waals surface area contributed by atoms with E-state index in [9.17, 15) is 9.59 Å². The van der Waals surface area contributed by atoms with Gasteiger partial charge in [-0.1, -0.05) is 13.0 Å². The molecule has 0 saturated carbocycles. The Balaban J connectivity index is 2.81. The summed E-state index contributed by atoms with van der Waals surface area (Å²) in [6.45, 7) is 9.29. The van der Waals surface area contributed by atoms with Crippen LogP contribution in [0, 0.1) is 5.92 Å². The number of carbonyl (C=O) groups excluding carboxylic acids is 2. The Hall–Kier alpha value is -2.24. The van der Waals surface area contributed by atoms with Gasteiger partial charge in [0, 0.05) is 12.0 Å². The third kappa shape index (κ3) is 7.04. The van der Waals surface area contributed by atoms with Crippen molar-refractivity contribution in [3.05, 3.63) is 36.3 Å². The van der Waals surface area contributed by atoms with Gasteiger partial charge in [-0.05, 0) is 39.8 Å². The maximum atomic E-state index is 12.0. The second kappa shape index (κ2) is 8.41. The summed E-state index contributed by atoms with van der Waals surface area (Å²) < 4.78 is 15.5. The van der Waals surface area contributed by atoms with Gasteiger partial charge in [-0.3, -0.25) is 0 Å². The second-order valence-corrected chi connectivity index (χ2v) is 6.11. The fraction of sp³-hybridized carbons (Fsp3) is 0.529. The molecule has 0 saturated heterocycles. The number of alkyl carbamates (subject to hydrolysis) is 1. The van der Waals surface area contributed by atoms with Crippen LogP contribution in [0.4, 0.5) is 4.79 Å². The zero-order chi connectivity index (χ0) is 17.5. The zero-order valence-corrected chi connectivity index (χ0v) is 14.3. The van der Waals surface area contributed by atoms with E-state index in [1.807, 2.05) is 6.92 Å². The minimum atomic E-state index is -0.595. The third-order valence-corrected chi connectivity index (χ3v) is 2.87. The van der Waals surface area contributed by atoms with Crippen molar-refractivity contribution < 1.29 is 23.5 Å². The summed E-state index contributed by atoms with van der Waals surface area (Å²) >= 11 is 0. The number of nitrogens with one attached hydrogen (secondary N) is 1. The molecule has 1 amide bonds. The zero-order valence-electron chi connectivity index (χ0n) is 14.3. The highest BCUT2D eigenvalue weighted by Crippen LogP contribution is 2.24. The van der Waals surface area contributed by atoms with E-state index in [1.165, 1.54) is 12.3 Å². The van der Waals surface area contributed by atoms with Crippen LogP contribution in [0.5, 0.6) is 0 Å². The number of amides is 1. The summed E-state index contributed by atoms with van der Waals surface area (Å²) in [7, 11) is 0. The first-order valence-electron chi connectivity index (χ1n) is 7.60. The predicted molar refractivity (Wildman–Crippen MR) is 85.8 cm³/mol. The highest BCUT2D eigenvalue weighted by Gasteiger charge is 2.25. The summed E-state index contributed by atoms with van der Waals surface area (Å²) in [5, 5.41) is 2.77. The molecule has 0 aliphatic heterocycles. The molecule has 1 N–H and O–H groups in total. The van der Waals surface area contributed by atoms with Crippen molar-refractivity contribution in [1.82, 2.24) is 5.32 Å². The van der Waals surface area contributed by atoms with Gasteiger partial charge in [0.05, 0.1) is 18.9 Å². The molecular weight excluding hydrogens is 298 g/mol. The maximum absolute atomic E-state index is 12.0. The van der Waals surface area contributed by atoms with Crippen molar-refractivity contribution in [2.24, 2.45) is 5.92 Å². The molecule has 0 aromatic carbocycles. The average molecular weight is 323 g/mol. The summed E-state index contributed by atoms with van der Waals surface area (Å²) in [6, 6.07) is 3.04. The van der Waals surface area contributed by atoms with E-state index in [-0.39, 0.29) is 5.92 Å². The minimum absolute atomic E-state index is 0.196. The van der Waals surface area contributed by atoms with Crippen LogP contribution in [0.2, 0.25) is 0 Å². The fourth-order valence-corrected chi connectivity index (χ4v) is 1.90. The number of ether oxygens (including phenoxy) is 2. The van der Waals surface area contributed by atoms with E-state index >= 15 is 0 Å². The lowest BCUT2D eigenvalue weighted by Gasteiger charge is -2.25. The van der Waals surface area contributed by atoms with Gasteiger partial charge in [0.15, 0.2) is 0 Å². The van der Waals surface area contributed by atoms with E-state index < -0.39 is 23.7 Å². The summed E-state index contributed by atoms with van der Waals surface area (Å²) in [6.07, 6.45) is 4.00. The van der Waals surface area contributed by atoms with Gasteiger partial charge in [-0.25, -0.2) is 9.59 Å². The highest BCUT2D eigenvalue weighted by molar-refractivity contribution is 5.81. The molecule has 2 atom stereocenters. The van der Waals surface area contributed by atoms with Crippen LogP contribution in [0.3, 0.4) is 0 Å². The third-order valence-electron chi connectivity index (χ3n) is 2.87. The monoisotopic (exact) mass is 323 g/mol. The number of carbonyl (C=O) groups is 2. The second-order valence-electron chi connectivity index (χ2n) is 6.11. The van der Waals surface area contributed by atoms with Gasteiger partial charge >= 0.3 is 12.1 Å². The molecule has 23 heavy (non-hydrogen) atoms. The van der Waals surface area contributed by atoms with E-state index in [1.54, 1.807) is 45.9 Å². The Morgan fingerprint density at radius 3 is 2.61 bits per heavy atom. The highest BCUT2D eigenvalue weighted by atomic mass is 16.6. The molecule has 1 aromatic heterocycles. The Labute approximate surface area is 136 Å². The molecule has 0 aliphatic carbocycles. The summed E-state index contributed by atoms with van der Waals surface area (Å²) in [5.41, 5.74) is -0.595. The van der Waals surface area contributed by atoms with Gasteiger partial charge in [-0.15, -0.1) is 0 Å². The fourth-order valence-electron chi connectivity index (χ4n) is 1.90. The molecule has 6 nitrogen and oxygen atoms in total. The van der Waals surface area contributed by atoms with Gasteiger partial charge in [0.25, 0.3) is 0 Å². The van der Waals surface area contributed by atoms with E-state index in [0.29, 0.717) is 12.4 Å². The van der Waals surface area contributed by atoms with Crippen LogP contribution in [0.15, 0.2) is 35.0 Å². The van der Waals surface area contributed by atoms with Crippen LogP contribution in [-0.2, 0) is 14.3 Å². The van der Waals surface area contributed by atoms with Gasteiger partial charge in [0.1, 0.15) is 11.4 Å². The SMILES string of the molecule is CCOC(=O)/C=C/[C@@H](C)[C@H](NC(=O)OC(C)(C)C)c1ccco1. The first kappa shape index (κ1) is 18.8. The first-order valence-corrected chi connectivity index (χ1v) is 7.60. The Bertz CT molecular complexity index is 528. The van der Waals surface area contributed by atoms with Crippen molar-refractivity contribution in [2.45, 2.75) is 46.3 Å². The number of hydrogen-bond donors (Lipinski definition) is 1. The van der Waals surface area contributed by atoms with Crippen LogP contribution in [0.25, 0.3) is 0 Å². The van der Waals surface area contributed by atoms with Crippen molar-refractivity contribution in [3.8, 4) is 0 Å². The van der Waals surface area contributed by atoms with Crippen molar-refractivity contribution in [3.63, 3.8) is 0 Å². The summed E-state index contributed by atoms with van der Waals surface area (Å²) in [4.78, 5) is 23.4. The molecule has 1 aromatic rings. The van der Waals surface area contributed by atoms with Crippen molar-refractivity contribution >= 4 is 12.1 Å². The van der Waals surface area contributed by atoms with Crippen molar-refractivity contribution in [1.29, 1.82) is 0 Å². The Kier molecular flexibility index (Phi) is 6.88. The van der Waals surface area contributed by atoms with Crippen LogP contribution >= 0.6 is 0 Å². The Morgan fingerprint density at radius 1 is 1.39 bits per heavy atom. The quantitative estimate of drug-likeness (QED) is 0.639. The largest absolute Gasteiger partial charge is 0.467 e. The lowest BCUT2D eigenvalue weighted by atomic mass is 9.99. The molecule has 0 spiro atoms. The topological polar surface area (TPSA) is 77.8 Å². The average Bonchev–Trinajstić information content (AvgIpc) is 2.94. The van der Waals surface area contributed by atoms with Gasteiger partial charge < -0.3 is 19.2 Å². The molecule has 0 bridgehead atoms. The van der Waals surface area contributed by atoms with Gasteiger partial charge in [-0.2, -0.15) is 0 Å². The normalized spacial score (nSPS) is 14.3. The van der Waals surface area contributed by atoms with Crippen LogP contribution in [-0.4, -0.2) is 24.3 Å². The molecule has 128 valence electrons. The maximum Gasteiger partial charge on any atom is 0.408 e. The minimum Gasteiger partial charge on any atom is -0.467 e. The number of furan rings is 1. The number of esters is 1. The summed E-state index contributed by atoms with van der Waals surface area (Å²) in [5.74, 6) is -0.0373. The molecule has 0 radical (unpaired) electrons. The number of rotatable bonds is 6. The predicted octanol–water partition coefficient (Wildman–Crippen LogP) is 3.60. The van der Waals surface area contributed by atoms with Crippen LogP contribution < -0.4 is 5.32 Å². The smallest absolute Gasteiger partial charge is 0.408 e. The molecule has 1 rings (SSSR count). The lowest BCUT2D eigenvalue weighted by molar-refractivity contribution is -0.137. The first-order chi connectivity index (χ1) is 10.7. The molecular formula is C17H25NO5.